The molecule has 2 N–H and O–H groups in total. The van der Waals surface area contributed by atoms with Crippen LogP contribution in [-0.4, -0.2) is 7.11 Å². The van der Waals surface area contributed by atoms with E-state index in [0.717, 1.165) is 10.4 Å². The molecule has 0 saturated carbocycles. The second-order valence-electron chi connectivity index (χ2n) is 4.26. The number of nitrogens with two attached hydrogens (primary N) is 1. The van der Waals surface area contributed by atoms with Crippen LogP contribution < -0.4 is 10.5 Å². The summed E-state index contributed by atoms with van der Waals surface area (Å²) < 4.78 is 5.14. The van der Waals surface area contributed by atoms with E-state index in [1.54, 1.807) is 18.4 Å². The first-order chi connectivity index (χ1) is 8.52. The fourth-order valence-electron chi connectivity index (χ4n) is 1.80. The second kappa shape index (κ2) is 5.31. The molecule has 2 rings (SSSR count). The molecule has 2 aromatic rings. The van der Waals surface area contributed by atoms with E-state index in [0.29, 0.717) is 10.8 Å². The number of aryl methyl sites for hydroxylation is 2. The van der Waals surface area contributed by atoms with Crippen LogP contribution in [0, 0.1) is 13.8 Å². The van der Waals surface area contributed by atoms with Gasteiger partial charge in [0.1, 0.15) is 5.75 Å². The van der Waals surface area contributed by atoms with Gasteiger partial charge in [-0.3, -0.25) is 0 Å². The van der Waals surface area contributed by atoms with Gasteiger partial charge in [0, 0.05) is 9.75 Å². The van der Waals surface area contributed by atoms with Crippen molar-refractivity contribution in [1.82, 2.24) is 0 Å². The molecule has 4 heteroatoms. The van der Waals surface area contributed by atoms with E-state index in [4.69, 9.17) is 22.1 Å². The maximum Gasteiger partial charge on any atom is 0.137 e. The Labute approximate surface area is 116 Å². The first-order valence-corrected chi connectivity index (χ1v) is 6.88. The highest BCUT2D eigenvalue weighted by Gasteiger charge is 2.14. The van der Waals surface area contributed by atoms with Crippen molar-refractivity contribution in [2.24, 2.45) is 5.73 Å². The quantitative estimate of drug-likeness (QED) is 0.920. The van der Waals surface area contributed by atoms with E-state index in [1.165, 1.54) is 10.4 Å². The average molecular weight is 282 g/mol. The molecule has 1 aromatic heterocycles. The zero-order valence-corrected chi connectivity index (χ0v) is 12.2. The Morgan fingerprint density at radius 2 is 2.00 bits per heavy atom. The monoisotopic (exact) mass is 281 g/mol. The Balaban J connectivity index is 2.33. The first kappa shape index (κ1) is 13.4. The van der Waals surface area contributed by atoms with E-state index in [9.17, 15) is 0 Å². The van der Waals surface area contributed by atoms with Crippen molar-refractivity contribution in [3.05, 3.63) is 50.2 Å². The van der Waals surface area contributed by atoms with Crippen molar-refractivity contribution in [2.75, 3.05) is 7.11 Å². The molecule has 0 spiro atoms. The summed E-state index contributed by atoms with van der Waals surface area (Å²) in [6.45, 7) is 4.21. The van der Waals surface area contributed by atoms with Gasteiger partial charge in [0.25, 0.3) is 0 Å². The maximum absolute atomic E-state index is 6.27. The highest BCUT2D eigenvalue weighted by molar-refractivity contribution is 7.12. The third-order valence-electron chi connectivity index (χ3n) is 3.03. The number of hydrogen-bond acceptors (Lipinski definition) is 3. The molecule has 96 valence electrons. The average Bonchev–Trinajstić information content (AvgIpc) is 2.68. The van der Waals surface area contributed by atoms with Gasteiger partial charge in [-0.1, -0.05) is 17.7 Å². The van der Waals surface area contributed by atoms with Crippen LogP contribution in [0.25, 0.3) is 0 Å². The molecule has 0 saturated heterocycles. The summed E-state index contributed by atoms with van der Waals surface area (Å²) in [5.74, 6) is 0.672. The number of benzene rings is 1. The molecule has 1 heterocycles. The Morgan fingerprint density at radius 1 is 1.28 bits per heavy atom. The van der Waals surface area contributed by atoms with Gasteiger partial charge in [0.05, 0.1) is 18.2 Å². The van der Waals surface area contributed by atoms with Crippen molar-refractivity contribution in [1.29, 1.82) is 0 Å². The number of ether oxygens (including phenoxy) is 1. The summed E-state index contributed by atoms with van der Waals surface area (Å²) in [7, 11) is 1.60. The third-order valence-corrected chi connectivity index (χ3v) is 4.56. The molecule has 0 aliphatic rings. The van der Waals surface area contributed by atoms with Gasteiger partial charge in [0.2, 0.25) is 0 Å². The van der Waals surface area contributed by atoms with E-state index >= 15 is 0 Å². The lowest BCUT2D eigenvalue weighted by Gasteiger charge is -2.12. The summed E-state index contributed by atoms with van der Waals surface area (Å²) in [5, 5.41) is 0.593. The molecule has 18 heavy (non-hydrogen) atoms. The minimum atomic E-state index is -0.134. The highest BCUT2D eigenvalue weighted by atomic mass is 35.5. The van der Waals surface area contributed by atoms with Crippen molar-refractivity contribution >= 4 is 22.9 Å². The van der Waals surface area contributed by atoms with Gasteiger partial charge in [-0.25, -0.2) is 0 Å². The van der Waals surface area contributed by atoms with E-state index < -0.39 is 0 Å². The molecule has 0 aliphatic carbocycles. The number of hydrogen-bond donors (Lipinski definition) is 1. The fourth-order valence-corrected chi connectivity index (χ4v) is 3.13. The molecule has 0 aliphatic heterocycles. The lowest BCUT2D eigenvalue weighted by molar-refractivity contribution is 0.415. The third kappa shape index (κ3) is 2.53. The van der Waals surface area contributed by atoms with Gasteiger partial charge >= 0.3 is 0 Å². The first-order valence-electron chi connectivity index (χ1n) is 5.69. The van der Waals surface area contributed by atoms with E-state index in [1.807, 2.05) is 18.2 Å². The van der Waals surface area contributed by atoms with Crippen LogP contribution in [0.5, 0.6) is 5.75 Å². The summed E-state index contributed by atoms with van der Waals surface area (Å²) in [6, 6.07) is 7.69. The summed E-state index contributed by atoms with van der Waals surface area (Å²) in [5.41, 5.74) is 8.55. The minimum absolute atomic E-state index is 0.134. The molecular formula is C14H16ClNOS. The molecular weight excluding hydrogens is 266 g/mol. The smallest absolute Gasteiger partial charge is 0.137 e. The molecule has 0 amide bonds. The number of halogens is 1. The Bertz CT molecular complexity index is 545. The van der Waals surface area contributed by atoms with Crippen LogP contribution in [0.15, 0.2) is 24.3 Å². The van der Waals surface area contributed by atoms with Crippen LogP contribution in [0.2, 0.25) is 5.02 Å². The van der Waals surface area contributed by atoms with Crippen LogP contribution in [-0.2, 0) is 0 Å². The van der Waals surface area contributed by atoms with Crippen LogP contribution in [0.1, 0.15) is 26.9 Å². The lowest BCUT2D eigenvalue weighted by Crippen LogP contribution is -2.10. The standard InChI is InChI=1S/C14H16ClNOS/c1-8-6-13(18-9(8)2)14(16)10-4-5-12(17-3)11(15)7-10/h4-7,14H,16H2,1-3H3. The van der Waals surface area contributed by atoms with E-state index in [-0.39, 0.29) is 6.04 Å². The molecule has 0 radical (unpaired) electrons. The predicted molar refractivity (Wildman–Crippen MR) is 77.8 cm³/mol. The number of rotatable bonds is 3. The number of thiophene rings is 1. The normalized spacial score (nSPS) is 12.5. The molecule has 0 fully saturated rings. The summed E-state index contributed by atoms with van der Waals surface area (Å²) in [4.78, 5) is 2.46. The summed E-state index contributed by atoms with van der Waals surface area (Å²) >= 11 is 7.85. The SMILES string of the molecule is COc1ccc(C(N)c2cc(C)c(C)s2)cc1Cl. The number of methoxy groups -OCH3 is 1. The van der Waals surface area contributed by atoms with Crippen LogP contribution in [0.3, 0.4) is 0 Å². The molecule has 1 aromatic carbocycles. The molecule has 1 unspecified atom stereocenters. The van der Waals surface area contributed by atoms with Gasteiger partial charge < -0.3 is 10.5 Å². The van der Waals surface area contributed by atoms with Crippen molar-refractivity contribution in [3.8, 4) is 5.75 Å². The minimum Gasteiger partial charge on any atom is -0.495 e. The van der Waals surface area contributed by atoms with Crippen molar-refractivity contribution in [3.63, 3.8) is 0 Å². The second-order valence-corrected chi connectivity index (χ2v) is 5.95. The van der Waals surface area contributed by atoms with Crippen LogP contribution in [0.4, 0.5) is 0 Å². The predicted octanol–water partition coefficient (Wildman–Crippen LogP) is 4.08. The Hall–Kier alpha value is -1.03. The molecule has 2 nitrogen and oxygen atoms in total. The Morgan fingerprint density at radius 3 is 2.50 bits per heavy atom. The topological polar surface area (TPSA) is 35.2 Å². The summed E-state index contributed by atoms with van der Waals surface area (Å²) in [6.07, 6.45) is 0. The zero-order valence-electron chi connectivity index (χ0n) is 10.7. The Kier molecular flexibility index (Phi) is 3.95. The van der Waals surface area contributed by atoms with Gasteiger partial charge in [-0.05, 0) is 43.2 Å². The molecule has 0 bridgehead atoms. The van der Waals surface area contributed by atoms with Crippen molar-refractivity contribution in [2.45, 2.75) is 19.9 Å². The van der Waals surface area contributed by atoms with Gasteiger partial charge in [0.15, 0.2) is 0 Å². The fraction of sp³-hybridized carbons (Fsp3) is 0.286. The largest absolute Gasteiger partial charge is 0.495 e. The van der Waals surface area contributed by atoms with Gasteiger partial charge in [-0.2, -0.15) is 0 Å². The lowest BCUT2D eigenvalue weighted by atomic mass is 10.1. The maximum atomic E-state index is 6.27. The molecule has 1 atom stereocenters. The highest BCUT2D eigenvalue weighted by Crippen LogP contribution is 2.32. The zero-order chi connectivity index (χ0) is 13.3. The van der Waals surface area contributed by atoms with Crippen LogP contribution >= 0.6 is 22.9 Å². The van der Waals surface area contributed by atoms with E-state index in [2.05, 4.69) is 19.9 Å². The van der Waals surface area contributed by atoms with Gasteiger partial charge in [-0.15, -0.1) is 11.3 Å². The van der Waals surface area contributed by atoms with Crippen molar-refractivity contribution < 1.29 is 4.74 Å².